The normalized spacial score (nSPS) is 22.1. The summed E-state index contributed by atoms with van der Waals surface area (Å²) in [5, 5.41) is 3.54. The number of rotatable bonds is 4. The Balaban J connectivity index is 1.93. The van der Waals surface area contributed by atoms with Gasteiger partial charge >= 0.3 is 0 Å². The van der Waals surface area contributed by atoms with E-state index in [0.29, 0.717) is 6.04 Å². The van der Waals surface area contributed by atoms with Crippen molar-refractivity contribution >= 4 is 0 Å². The van der Waals surface area contributed by atoms with E-state index in [1.54, 1.807) is 12.3 Å². The first kappa shape index (κ1) is 13.4. The van der Waals surface area contributed by atoms with Gasteiger partial charge in [0.1, 0.15) is 5.82 Å². The topological polar surface area (TPSA) is 28.2 Å². The molecule has 2 atom stereocenters. The summed E-state index contributed by atoms with van der Waals surface area (Å²) in [7, 11) is 2.09. The van der Waals surface area contributed by atoms with Crippen LogP contribution in [0.5, 0.6) is 0 Å². The Bertz CT molecular complexity index is 377. The Hall–Kier alpha value is -1.00. The first-order valence-corrected chi connectivity index (χ1v) is 6.71. The number of nitrogens with zero attached hydrogens (tertiary/aromatic N) is 2. The van der Waals surface area contributed by atoms with Crippen molar-refractivity contribution in [2.75, 3.05) is 20.1 Å². The Morgan fingerprint density at radius 3 is 3.00 bits per heavy atom. The molecular weight excluding hydrogens is 229 g/mol. The van der Waals surface area contributed by atoms with Gasteiger partial charge in [0.15, 0.2) is 0 Å². The van der Waals surface area contributed by atoms with Crippen LogP contribution in [0.15, 0.2) is 18.5 Å². The molecular formula is C14H22FN3. The average Bonchev–Trinajstić information content (AvgIpc) is 2.39. The van der Waals surface area contributed by atoms with Gasteiger partial charge < -0.3 is 5.32 Å². The minimum Gasteiger partial charge on any atom is -0.313 e. The van der Waals surface area contributed by atoms with Gasteiger partial charge in [0.05, 0.1) is 6.20 Å². The highest BCUT2D eigenvalue weighted by atomic mass is 19.1. The third kappa shape index (κ3) is 3.50. The largest absolute Gasteiger partial charge is 0.313 e. The van der Waals surface area contributed by atoms with Crippen molar-refractivity contribution in [3.05, 3.63) is 29.8 Å². The summed E-state index contributed by atoms with van der Waals surface area (Å²) in [6.07, 6.45) is 6.82. The molecule has 2 rings (SSSR count). The van der Waals surface area contributed by atoms with Crippen LogP contribution in [-0.2, 0) is 0 Å². The predicted molar refractivity (Wildman–Crippen MR) is 70.9 cm³/mol. The van der Waals surface area contributed by atoms with Crippen molar-refractivity contribution in [3.8, 4) is 0 Å². The van der Waals surface area contributed by atoms with Crippen molar-refractivity contribution < 1.29 is 4.39 Å². The molecule has 0 saturated carbocycles. The molecule has 2 unspecified atom stereocenters. The van der Waals surface area contributed by atoms with Crippen LogP contribution in [-0.4, -0.2) is 36.1 Å². The highest BCUT2D eigenvalue weighted by Gasteiger charge is 2.18. The van der Waals surface area contributed by atoms with E-state index in [1.165, 1.54) is 25.5 Å². The van der Waals surface area contributed by atoms with Gasteiger partial charge in [-0.05, 0) is 45.0 Å². The summed E-state index contributed by atoms with van der Waals surface area (Å²) in [6, 6.07) is 2.33. The molecule has 2 heterocycles. The molecule has 1 N–H and O–H groups in total. The molecule has 1 aromatic rings. The van der Waals surface area contributed by atoms with E-state index in [4.69, 9.17) is 0 Å². The van der Waals surface area contributed by atoms with Gasteiger partial charge in [-0.25, -0.2) is 4.39 Å². The van der Waals surface area contributed by atoms with Crippen LogP contribution in [0.3, 0.4) is 0 Å². The SMILES string of the molecule is CC(c1cncc(F)c1)N(C)CC1CCCCN1. The Morgan fingerprint density at radius 2 is 2.33 bits per heavy atom. The highest BCUT2D eigenvalue weighted by Crippen LogP contribution is 2.19. The average molecular weight is 251 g/mol. The second-order valence-electron chi connectivity index (χ2n) is 5.20. The van der Waals surface area contributed by atoms with Crippen LogP contribution in [0.2, 0.25) is 0 Å². The number of piperidine rings is 1. The molecule has 1 aliphatic heterocycles. The summed E-state index contributed by atoms with van der Waals surface area (Å²) in [5.74, 6) is -0.261. The van der Waals surface area contributed by atoms with Crippen molar-refractivity contribution in [2.45, 2.75) is 38.3 Å². The predicted octanol–water partition coefficient (Wildman–Crippen LogP) is 2.36. The summed E-state index contributed by atoms with van der Waals surface area (Å²) in [6.45, 7) is 4.21. The van der Waals surface area contributed by atoms with E-state index in [1.807, 2.05) is 0 Å². The number of nitrogens with one attached hydrogen (secondary N) is 1. The van der Waals surface area contributed by atoms with Gasteiger partial charge in [0.25, 0.3) is 0 Å². The zero-order valence-electron chi connectivity index (χ0n) is 11.2. The Kier molecular flexibility index (Phi) is 4.66. The van der Waals surface area contributed by atoms with Crippen LogP contribution >= 0.6 is 0 Å². The van der Waals surface area contributed by atoms with E-state index < -0.39 is 0 Å². The number of pyridine rings is 1. The smallest absolute Gasteiger partial charge is 0.141 e. The summed E-state index contributed by atoms with van der Waals surface area (Å²) >= 11 is 0. The Labute approximate surface area is 108 Å². The lowest BCUT2D eigenvalue weighted by molar-refractivity contribution is 0.214. The van der Waals surface area contributed by atoms with Gasteiger partial charge in [-0.15, -0.1) is 0 Å². The first-order valence-electron chi connectivity index (χ1n) is 6.71. The lowest BCUT2D eigenvalue weighted by Gasteiger charge is -2.31. The zero-order chi connectivity index (χ0) is 13.0. The molecule has 3 nitrogen and oxygen atoms in total. The fourth-order valence-electron chi connectivity index (χ4n) is 2.50. The van der Waals surface area contributed by atoms with Gasteiger partial charge in [0.2, 0.25) is 0 Å². The van der Waals surface area contributed by atoms with Crippen molar-refractivity contribution in [3.63, 3.8) is 0 Å². The van der Waals surface area contributed by atoms with E-state index >= 15 is 0 Å². The van der Waals surface area contributed by atoms with Gasteiger partial charge in [-0.3, -0.25) is 9.88 Å². The maximum atomic E-state index is 13.2. The quantitative estimate of drug-likeness (QED) is 0.890. The summed E-state index contributed by atoms with van der Waals surface area (Å²) in [5.41, 5.74) is 0.938. The molecule has 0 spiro atoms. The van der Waals surface area contributed by atoms with E-state index in [0.717, 1.165) is 18.7 Å². The minimum atomic E-state index is -0.261. The maximum absolute atomic E-state index is 13.2. The van der Waals surface area contributed by atoms with Crippen LogP contribution in [0.4, 0.5) is 4.39 Å². The second kappa shape index (κ2) is 6.25. The van der Waals surface area contributed by atoms with E-state index in [9.17, 15) is 4.39 Å². The monoisotopic (exact) mass is 251 g/mol. The number of hydrogen-bond acceptors (Lipinski definition) is 3. The molecule has 0 bridgehead atoms. The molecule has 100 valence electrons. The fourth-order valence-corrected chi connectivity index (χ4v) is 2.50. The second-order valence-corrected chi connectivity index (χ2v) is 5.20. The van der Waals surface area contributed by atoms with Gasteiger partial charge in [-0.2, -0.15) is 0 Å². The number of likely N-dealkylation sites (N-methyl/N-ethyl adjacent to an activating group) is 1. The third-order valence-electron chi connectivity index (χ3n) is 3.79. The fraction of sp³-hybridized carbons (Fsp3) is 0.643. The summed E-state index contributed by atoms with van der Waals surface area (Å²) < 4.78 is 13.2. The lowest BCUT2D eigenvalue weighted by atomic mass is 10.0. The molecule has 1 fully saturated rings. The Morgan fingerprint density at radius 1 is 1.50 bits per heavy atom. The maximum Gasteiger partial charge on any atom is 0.141 e. The zero-order valence-corrected chi connectivity index (χ0v) is 11.2. The molecule has 4 heteroatoms. The van der Waals surface area contributed by atoms with Crippen molar-refractivity contribution in [1.82, 2.24) is 15.2 Å². The molecule has 0 aliphatic carbocycles. The molecule has 0 aromatic carbocycles. The summed E-state index contributed by atoms with van der Waals surface area (Å²) in [4.78, 5) is 6.18. The van der Waals surface area contributed by atoms with Gasteiger partial charge in [0, 0.05) is 24.8 Å². The van der Waals surface area contributed by atoms with E-state index in [2.05, 4.69) is 29.2 Å². The molecule has 0 amide bonds. The number of hydrogen-bond donors (Lipinski definition) is 1. The van der Waals surface area contributed by atoms with Crippen LogP contribution in [0, 0.1) is 5.82 Å². The van der Waals surface area contributed by atoms with Crippen LogP contribution in [0.25, 0.3) is 0 Å². The molecule has 1 aliphatic rings. The number of halogens is 1. The lowest BCUT2D eigenvalue weighted by Crippen LogP contribution is -2.43. The first-order chi connectivity index (χ1) is 8.66. The van der Waals surface area contributed by atoms with Crippen molar-refractivity contribution in [1.29, 1.82) is 0 Å². The third-order valence-corrected chi connectivity index (χ3v) is 3.79. The minimum absolute atomic E-state index is 0.192. The molecule has 1 saturated heterocycles. The van der Waals surface area contributed by atoms with Crippen LogP contribution < -0.4 is 5.32 Å². The molecule has 1 aromatic heterocycles. The van der Waals surface area contributed by atoms with Gasteiger partial charge in [-0.1, -0.05) is 6.42 Å². The highest BCUT2D eigenvalue weighted by molar-refractivity contribution is 5.14. The van der Waals surface area contributed by atoms with Crippen LogP contribution in [0.1, 0.15) is 37.8 Å². The van der Waals surface area contributed by atoms with Crippen molar-refractivity contribution in [2.24, 2.45) is 0 Å². The molecule has 0 radical (unpaired) electrons. The number of aromatic nitrogens is 1. The van der Waals surface area contributed by atoms with E-state index in [-0.39, 0.29) is 11.9 Å². The standard InChI is InChI=1S/C14H22FN3/c1-11(12-7-13(15)9-16-8-12)18(2)10-14-5-3-4-6-17-14/h7-9,11,14,17H,3-6,10H2,1-2H3. The molecule has 18 heavy (non-hydrogen) atoms.